The van der Waals surface area contributed by atoms with E-state index in [1.807, 2.05) is 24.1 Å². The van der Waals surface area contributed by atoms with Gasteiger partial charge in [0, 0.05) is 31.9 Å². The van der Waals surface area contributed by atoms with E-state index in [-0.39, 0.29) is 0 Å². The number of hydrogen-bond donors (Lipinski definition) is 1. The van der Waals surface area contributed by atoms with Crippen molar-refractivity contribution in [2.45, 2.75) is 26.4 Å². The first-order valence-electron chi connectivity index (χ1n) is 6.04. The van der Waals surface area contributed by atoms with Crippen molar-refractivity contribution in [1.82, 2.24) is 15.1 Å². The minimum atomic E-state index is 0.864. The lowest BCUT2D eigenvalue weighted by atomic mass is 10.1. The summed E-state index contributed by atoms with van der Waals surface area (Å²) in [5.41, 5.74) is 3.93. The Balaban J connectivity index is 1.81. The standard InChI is InChI=1S/C14H19N3/c1-3-12-4-6-13(7-5-12)8-15-9-14-10-16-17(2)11-14/h4-7,10-11,15H,3,8-9H2,1-2H3. The Labute approximate surface area is 102 Å². The van der Waals surface area contributed by atoms with Crippen LogP contribution >= 0.6 is 0 Å². The summed E-state index contributed by atoms with van der Waals surface area (Å²) in [6.45, 7) is 3.94. The predicted molar refractivity (Wildman–Crippen MR) is 69.6 cm³/mol. The molecule has 1 N–H and O–H groups in total. The van der Waals surface area contributed by atoms with E-state index in [1.54, 1.807) is 0 Å². The fraction of sp³-hybridized carbons (Fsp3) is 0.357. The van der Waals surface area contributed by atoms with Gasteiger partial charge in [-0.15, -0.1) is 0 Å². The molecular formula is C14H19N3. The van der Waals surface area contributed by atoms with Gasteiger partial charge in [0.2, 0.25) is 0 Å². The van der Waals surface area contributed by atoms with Gasteiger partial charge in [-0.05, 0) is 17.5 Å². The summed E-state index contributed by atoms with van der Waals surface area (Å²) in [6.07, 6.45) is 5.03. The van der Waals surface area contributed by atoms with Gasteiger partial charge in [-0.1, -0.05) is 31.2 Å². The van der Waals surface area contributed by atoms with Crippen molar-refractivity contribution in [2.24, 2.45) is 7.05 Å². The zero-order valence-electron chi connectivity index (χ0n) is 10.5. The van der Waals surface area contributed by atoms with Crippen molar-refractivity contribution in [3.05, 3.63) is 53.3 Å². The van der Waals surface area contributed by atoms with Crippen molar-refractivity contribution >= 4 is 0 Å². The zero-order chi connectivity index (χ0) is 12.1. The van der Waals surface area contributed by atoms with Crippen LogP contribution in [-0.4, -0.2) is 9.78 Å². The Morgan fingerprint density at radius 3 is 2.29 bits per heavy atom. The highest BCUT2D eigenvalue weighted by Crippen LogP contribution is 2.05. The Bertz CT molecular complexity index is 457. The molecule has 90 valence electrons. The summed E-state index contributed by atoms with van der Waals surface area (Å²) in [5, 5.41) is 7.56. The smallest absolute Gasteiger partial charge is 0.0534 e. The third kappa shape index (κ3) is 3.43. The number of benzene rings is 1. The Kier molecular flexibility index (Phi) is 3.94. The van der Waals surface area contributed by atoms with Crippen molar-refractivity contribution < 1.29 is 0 Å². The Morgan fingerprint density at radius 1 is 1.06 bits per heavy atom. The van der Waals surface area contributed by atoms with Gasteiger partial charge < -0.3 is 5.32 Å². The summed E-state index contributed by atoms with van der Waals surface area (Å²) < 4.78 is 1.83. The third-order valence-electron chi connectivity index (χ3n) is 2.85. The second-order valence-corrected chi connectivity index (χ2v) is 4.30. The number of aromatic nitrogens is 2. The van der Waals surface area contributed by atoms with Crippen LogP contribution in [-0.2, 0) is 26.6 Å². The largest absolute Gasteiger partial charge is 0.309 e. The zero-order valence-corrected chi connectivity index (χ0v) is 10.5. The Morgan fingerprint density at radius 2 is 1.71 bits per heavy atom. The average Bonchev–Trinajstić information content (AvgIpc) is 2.76. The van der Waals surface area contributed by atoms with E-state index in [0.717, 1.165) is 19.5 Å². The number of aryl methyl sites for hydroxylation is 2. The van der Waals surface area contributed by atoms with Crippen LogP contribution in [0.3, 0.4) is 0 Å². The maximum Gasteiger partial charge on any atom is 0.0534 e. The number of nitrogens with one attached hydrogen (secondary N) is 1. The molecule has 0 saturated heterocycles. The molecule has 3 heteroatoms. The topological polar surface area (TPSA) is 29.9 Å². The van der Waals surface area contributed by atoms with E-state index in [1.165, 1.54) is 16.7 Å². The number of nitrogens with zero attached hydrogens (tertiary/aromatic N) is 2. The molecule has 0 saturated carbocycles. The van der Waals surface area contributed by atoms with Gasteiger partial charge in [0.15, 0.2) is 0 Å². The second-order valence-electron chi connectivity index (χ2n) is 4.30. The quantitative estimate of drug-likeness (QED) is 0.852. The van der Waals surface area contributed by atoms with Gasteiger partial charge in [0.25, 0.3) is 0 Å². The van der Waals surface area contributed by atoms with Gasteiger partial charge in [0.1, 0.15) is 0 Å². The van der Waals surface area contributed by atoms with Crippen LogP contribution in [0.15, 0.2) is 36.7 Å². The fourth-order valence-corrected chi connectivity index (χ4v) is 1.81. The molecule has 0 aliphatic heterocycles. The molecule has 0 unspecified atom stereocenters. The minimum Gasteiger partial charge on any atom is -0.309 e. The molecule has 0 spiro atoms. The van der Waals surface area contributed by atoms with Crippen LogP contribution in [0.1, 0.15) is 23.6 Å². The summed E-state index contributed by atoms with van der Waals surface area (Å²) in [6, 6.07) is 8.77. The van der Waals surface area contributed by atoms with Crippen LogP contribution in [0.25, 0.3) is 0 Å². The second kappa shape index (κ2) is 5.64. The number of hydrogen-bond acceptors (Lipinski definition) is 2. The molecule has 1 heterocycles. The van der Waals surface area contributed by atoms with Crippen LogP contribution in [0.5, 0.6) is 0 Å². The number of rotatable bonds is 5. The van der Waals surface area contributed by atoms with E-state index in [2.05, 4.69) is 41.6 Å². The summed E-state index contributed by atoms with van der Waals surface area (Å²) in [4.78, 5) is 0. The molecule has 2 aromatic rings. The first-order valence-corrected chi connectivity index (χ1v) is 6.04. The highest BCUT2D eigenvalue weighted by molar-refractivity contribution is 5.22. The van der Waals surface area contributed by atoms with Crippen molar-refractivity contribution in [3.8, 4) is 0 Å². The highest BCUT2D eigenvalue weighted by Gasteiger charge is 1.96. The van der Waals surface area contributed by atoms with Crippen LogP contribution in [0.2, 0.25) is 0 Å². The Hall–Kier alpha value is -1.61. The lowest BCUT2D eigenvalue weighted by molar-refractivity contribution is 0.691. The molecule has 0 bridgehead atoms. The van der Waals surface area contributed by atoms with Crippen molar-refractivity contribution in [3.63, 3.8) is 0 Å². The molecule has 0 aliphatic carbocycles. The van der Waals surface area contributed by atoms with Gasteiger partial charge in [-0.3, -0.25) is 4.68 Å². The monoisotopic (exact) mass is 229 g/mol. The van der Waals surface area contributed by atoms with Gasteiger partial charge in [-0.25, -0.2) is 0 Å². The van der Waals surface area contributed by atoms with Crippen LogP contribution in [0.4, 0.5) is 0 Å². The van der Waals surface area contributed by atoms with Crippen molar-refractivity contribution in [1.29, 1.82) is 0 Å². The predicted octanol–water partition coefficient (Wildman–Crippen LogP) is 2.27. The fourth-order valence-electron chi connectivity index (χ4n) is 1.81. The first kappa shape index (κ1) is 11.9. The van der Waals surface area contributed by atoms with E-state index < -0.39 is 0 Å². The van der Waals surface area contributed by atoms with Gasteiger partial charge >= 0.3 is 0 Å². The third-order valence-corrected chi connectivity index (χ3v) is 2.85. The maximum absolute atomic E-state index is 4.14. The highest BCUT2D eigenvalue weighted by atomic mass is 15.2. The normalized spacial score (nSPS) is 10.7. The summed E-state index contributed by atoms with van der Waals surface area (Å²) in [5.74, 6) is 0. The molecular weight excluding hydrogens is 210 g/mol. The molecule has 3 nitrogen and oxygen atoms in total. The van der Waals surface area contributed by atoms with Crippen molar-refractivity contribution in [2.75, 3.05) is 0 Å². The lowest BCUT2D eigenvalue weighted by Gasteiger charge is -2.04. The van der Waals surface area contributed by atoms with Gasteiger partial charge in [-0.2, -0.15) is 5.10 Å². The lowest BCUT2D eigenvalue weighted by Crippen LogP contribution is -2.12. The molecule has 0 atom stereocenters. The summed E-state index contributed by atoms with van der Waals surface area (Å²) >= 11 is 0. The minimum absolute atomic E-state index is 0.864. The average molecular weight is 229 g/mol. The summed E-state index contributed by atoms with van der Waals surface area (Å²) in [7, 11) is 1.94. The van der Waals surface area contributed by atoms with E-state index in [9.17, 15) is 0 Å². The van der Waals surface area contributed by atoms with E-state index in [0.29, 0.717) is 0 Å². The molecule has 0 aliphatic rings. The molecule has 2 rings (SSSR count). The molecule has 1 aromatic carbocycles. The molecule has 0 amide bonds. The van der Waals surface area contributed by atoms with Gasteiger partial charge in [0.05, 0.1) is 6.20 Å². The molecule has 1 aromatic heterocycles. The molecule has 17 heavy (non-hydrogen) atoms. The first-order chi connectivity index (χ1) is 8.28. The maximum atomic E-state index is 4.14. The van der Waals surface area contributed by atoms with Crippen LogP contribution in [0, 0.1) is 0 Å². The van der Waals surface area contributed by atoms with Crippen LogP contribution < -0.4 is 5.32 Å². The molecule has 0 fully saturated rings. The van der Waals surface area contributed by atoms with E-state index in [4.69, 9.17) is 0 Å². The van der Waals surface area contributed by atoms with E-state index >= 15 is 0 Å². The molecule has 0 radical (unpaired) electrons. The SMILES string of the molecule is CCc1ccc(CNCc2cnn(C)c2)cc1.